The van der Waals surface area contributed by atoms with Gasteiger partial charge < -0.3 is 9.47 Å². The number of rotatable bonds is 0. The molecule has 0 amide bonds. The van der Waals surface area contributed by atoms with Gasteiger partial charge in [-0.25, -0.2) is 0 Å². The van der Waals surface area contributed by atoms with E-state index in [0.29, 0.717) is 0 Å². The van der Waals surface area contributed by atoms with Crippen LogP contribution in [0.2, 0.25) is 0 Å². The van der Waals surface area contributed by atoms with Crippen molar-refractivity contribution >= 4 is 46.4 Å². The Labute approximate surface area is 81.7 Å². The van der Waals surface area contributed by atoms with Gasteiger partial charge in [-0.05, 0) is 46.4 Å². The molecule has 0 radical (unpaired) electrons. The van der Waals surface area contributed by atoms with Crippen LogP contribution in [0, 0.1) is 0 Å². The summed E-state index contributed by atoms with van der Waals surface area (Å²) in [6.07, 6.45) is 0. The Morgan fingerprint density at radius 3 is 1.64 bits per heavy atom. The minimum atomic E-state index is -1.52. The van der Waals surface area contributed by atoms with Crippen molar-refractivity contribution in [3.8, 4) is 0 Å². The van der Waals surface area contributed by atoms with Crippen molar-refractivity contribution in [2.45, 2.75) is 10.5 Å². The molecule has 1 saturated heterocycles. The van der Waals surface area contributed by atoms with Gasteiger partial charge in [-0.3, -0.25) is 4.74 Å². The predicted molar refractivity (Wildman–Crippen MR) is 39.2 cm³/mol. The Morgan fingerprint density at radius 1 is 0.909 bits per heavy atom. The molecule has 62 valence electrons. The highest BCUT2D eigenvalue weighted by atomic mass is 35.5. The van der Waals surface area contributed by atoms with Crippen LogP contribution < -0.4 is 0 Å². The van der Waals surface area contributed by atoms with Crippen molar-refractivity contribution in [3.05, 3.63) is 10.4 Å². The molecule has 0 aromatic rings. The van der Waals surface area contributed by atoms with E-state index in [9.17, 15) is 0 Å². The smallest absolute Gasteiger partial charge is 0.381 e. The lowest BCUT2D eigenvalue weighted by Crippen LogP contribution is -2.24. The van der Waals surface area contributed by atoms with Gasteiger partial charge in [-0.2, -0.15) is 0 Å². The van der Waals surface area contributed by atoms with E-state index < -0.39 is 10.5 Å². The van der Waals surface area contributed by atoms with Crippen LogP contribution in [0.25, 0.3) is 0 Å². The molecule has 2 aliphatic heterocycles. The Bertz CT molecular complexity index is 230. The highest BCUT2D eigenvalue weighted by Crippen LogP contribution is 2.61. The number of ether oxygens (including phenoxy) is 3. The highest BCUT2D eigenvalue weighted by molar-refractivity contribution is 6.40. The van der Waals surface area contributed by atoms with E-state index in [1.54, 1.807) is 0 Å². The van der Waals surface area contributed by atoms with Crippen molar-refractivity contribution in [2.75, 3.05) is 0 Å². The molecule has 0 unspecified atom stereocenters. The van der Waals surface area contributed by atoms with Crippen LogP contribution in [0.1, 0.15) is 0 Å². The predicted octanol–water partition coefficient (Wildman–Crippen LogP) is 2.45. The van der Waals surface area contributed by atoms with Crippen molar-refractivity contribution < 1.29 is 14.2 Å². The topological polar surface area (TPSA) is 31.0 Å². The van der Waals surface area contributed by atoms with Crippen LogP contribution in [0.3, 0.4) is 0 Å². The van der Waals surface area contributed by atoms with Gasteiger partial charge >= 0.3 is 10.5 Å². The fourth-order valence-electron chi connectivity index (χ4n) is 0.618. The Hall–Kier alpha value is 0.460. The SMILES string of the molecule is ClC1=C(Cl)O[C@]2(Cl)O[C@]2(Cl)O1. The molecule has 0 spiro atoms. The van der Waals surface area contributed by atoms with Gasteiger partial charge in [0.25, 0.3) is 0 Å². The molecule has 2 atom stereocenters. The summed E-state index contributed by atoms with van der Waals surface area (Å²) in [5.41, 5.74) is 0. The first-order valence-corrected chi connectivity index (χ1v) is 3.99. The minimum Gasteiger partial charge on any atom is -0.426 e. The molecule has 0 aromatic carbocycles. The largest absolute Gasteiger partial charge is 0.426 e. The summed E-state index contributed by atoms with van der Waals surface area (Å²) in [6.45, 7) is 0. The second kappa shape index (κ2) is 2.03. The maximum atomic E-state index is 5.57. The summed E-state index contributed by atoms with van der Waals surface area (Å²) >= 11 is 22.0. The first kappa shape index (κ1) is 8.08. The number of hydrogen-bond donors (Lipinski definition) is 0. The van der Waals surface area contributed by atoms with E-state index in [4.69, 9.17) is 55.9 Å². The number of halogens is 4. The molecule has 1 fully saturated rings. The average molecular weight is 238 g/mol. The van der Waals surface area contributed by atoms with Crippen LogP contribution in [-0.2, 0) is 14.2 Å². The molecule has 0 aromatic heterocycles. The van der Waals surface area contributed by atoms with Gasteiger partial charge in [0.15, 0.2) is 0 Å². The van der Waals surface area contributed by atoms with E-state index in [1.807, 2.05) is 0 Å². The van der Waals surface area contributed by atoms with E-state index in [0.717, 1.165) is 0 Å². The van der Waals surface area contributed by atoms with Crippen molar-refractivity contribution in [3.63, 3.8) is 0 Å². The number of alkyl halides is 2. The van der Waals surface area contributed by atoms with Gasteiger partial charge in [-0.1, -0.05) is 0 Å². The normalized spacial score (nSPS) is 47.6. The van der Waals surface area contributed by atoms with Gasteiger partial charge in [0, 0.05) is 0 Å². The van der Waals surface area contributed by atoms with Crippen LogP contribution in [-0.4, -0.2) is 10.5 Å². The first-order chi connectivity index (χ1) is 4.97. The van der Waals surface area contributed by atoms with Gasteiger partial charge in [0.1, 0.15) is 0 Å². The quantitative estimate of drug-likeness (QED) is 0.479. The van der Waals surface area contributed by atoms with E-state index in [1.165, 1.54) is 0 Å². The molecule has 2 heterocycles. The standard InChI is InChI=1S/C4Cl4O3/c5-1-2(6)10-4(8)3(7,9-1)11-4/t3-,4+. The Balaban J connectivity index is 2.30. The van der Waals surface area contributed by atoms with Crippen LogP contribution >= 0.6 is 46.4 Å². The molecule has 2 aliphatic rings. The lowest BCUT2D eigenvalue weighted by Gasteiger charge is -2.16. The second-order valence-electron chi connectivity index (χ2n) is 1.93. The number of epoxide rings is 1. The van der Waals surface area contributed by atoms with Crippen LogP contribution in [0.15, 0.2) is 10.4 Å². The fourth-order valence-corrected chi connectivity index (χ4v) is 1.48. The van der Waals surface area contributed by atoms with Crippen molar-refractivity contribution in [1.82, 2.24) is 0 Å². The van der Waals surface area contributed by atoms with Gasteiger partial charge in [0.05, 0.1) is 0 Å². The lowest BCUT2D eigenvalue weighted by molar-refractivity contribution is 0.0415. The average Bonchev–Trinajstić information content (AvgIpc) is 2.33. The van der Waals surface area contributed by atoms with Crippen LogP contribution in [0.5, 0.6) is 0 Å². The summed E-state index contributed by atoms with van der Waals surface area (Å²) in [6, 6.07) is 0. The summed E-state index contributed by atoms with van der Waals surface area (Å²) < 4.78 is 14.2. The van der Waals surface area contributed by atoms with E-state index >= 15 is 0 Å². The van der Waals surface area contributed by atoms with Crippen molar-refractivity contribution in [2.24, 2.45) is 0 Å². The minimum absolute atomic E-state index is 0.171. The van der Waals surface area contributed by atoms with E-state index in [-0.39, 0.29) is 10.4 Å². The summed E-state index contributed by atoms with van der Waals surface area (Å²) in [5.74, 6) is 0. The molecule has 11 heavy (non-hydrogen) atoms. The second-order valence-corrected chi connectivity index (χ2v) is 3.61. The summed E-state index contributed by atoms with van der Waals surface area (Å²) in [4.78, 5) is 0. The zero-order chi connectivity index (χ0) is 8.28. The third kappa shape index (κ3) is 0.993. The molecule has 3 nitrogen and oxygen atoms in total. The monoisotopic (exact) mass is 236 g/mol. The third-order valence-electron chi connectivity index (χ3n) is 1.17. The molecular formula is C4Cl4O3. The Kier molecular flexibility index (Phi) is 1.49. The molecule has 2 rings (SSSR count). The highest BCUT2D eigenvalue weighted by Gasteiger charge is 2.79. The molecule has 0 N–H and O–H groups in total. The summed E-state index contributed by atoms with van der Waals surface area (Å²) in [5, 5.41) is -3.39. The fraction of sp³-hybridized carbons (Fsp3) is 0.500. The first-order valence-electron chi connectivity index (χ1n) is 2.48. The molecule has 0 aliphatic carbocycles. The molecule has 7 heteroatoms. The third-order valence-corrected chi connectivity index (χ3v) is 2.67. The molecule has 0 bridgehead atoms. The maximum absolute atomic E-state index is 5.57. The van der Waals surface area contributed by atoms with Crippen molar-refractivity contribution in [1.29, 1.82) is 0 Å². The Morgan fingerprint density at radius 2 is 1.27 bits per heavy atom. The van der Waals surface area contributed by atoms with Gasteiger partial charge in [-0.15, -0.1) is 0 Å². The van der Waals surface area contributed by atoms with Gasteiger partial charge in [0.2, 0.25) is 10.4 Å². The number of hydrogen-bond acceptors (Lipinski definition) is 3. The maximum Gasteiger partial charge on any atom is 0.381 e. The zero-order valence-electron chi connectivity index (χ0n) is 4.74. The lowest BCUT2D eigenvalue weighted by atomic mass is 10.7. The summed E-state index contributed by atoms with van der Waals surface area (Å²) in [7, 11) is 0. The van der Waals surface area contributed by atoms with Crippen LogP contribution in [0.4, 0.5) is 0 Å². The van der Waals surface area contributed by atoms with E-state index in [2.05, 4.69) is 4.74 Å². The molecule has 0 saturated carbocycles. The number of fused-ring (bicyclic) bond motifs is 1. The molecular weight excluding hydrogens is 238 g/mol. The zero-order valence-corrected chi connectivity index (χ0v) is 7.76.